The molecule has 1 heterocycles. The van der Waals surface area contributed by atoms with Gasteiger partial charge < -0.3 is 0 Å². The molecule has 0 aliphatic heterocycles. The summed E-state index contributed by atoms with van der Waals surface area (Å²) in [5, 5.41) is 8.74. The minimum Gasteiger partial charge on any atom is -0.296 e. The molecule has 3 nitrogen and oxygen atoms in total. The Bertz CT molecular complexity index is 330. The van der Waals surface area contributed by atoms with E-state index in [1.165, 1.54) is 12.1 Å². The third kappa shape index (κ3) is 1.76. The fraction of sp³-hybridized carbons (Fsp3) is 0. The molecule has 0 radical (unpaired) electrons. The fourth-order valence-electron chi connectivity index (χ4n) is 0.635. The molecule has 54 valence electrons. The Labute approximate surface area is 68.2 Å². The Hall–Kier alpha value is -1.40. The molecule has 0 saturated carbocycles. The number of aromatic nitrogens is 1. The van der Waals surface area contributed by atoms with Gasteiger partial charge >= 0.3 is 0 Å². The van der Waals surface area contributed by atoms with Gasteiger partial charge in [-0.15, -0.1) is 0 Å². The first-order valence-corrected chi connectivity index (χ1v) is 3.17. The molecule has 11 heavy (non-hydrogen) atoms. The van der Waals surface area contributed by atoms with Crippen molar-refractivity contribution in [3.05, 3.63) is 28.5 Å². The van der Waals surface area contributed by atoms with Crippen LogP contribution in [0.25, 0.3) is 0 Å². The minimum atomic E-state index is 0.152. The predicted molar refractivity (Wildman–Crippen MR) is 39.3 cm³/mol. The van der Waals surface area contributed by atoms with Crippen molar-refractivity contribution in [2.45, 2.75) is 0 Å². The van der Waals surface area contributed by atoms with Crippen molar-refractivity contribution < 1.29 is 4.79 Å². The molecule has 1 rings (SSSR count). The number of hydrogen-bond donors (Lipinski definition) is 0. The van der Waals surface area contributed by atoms with Crippen LogP contribution in [0.1, 0.15) is 16.2 Å². The van der Waals surface area contributed by atoms with E-state index in [9.17, 15) is 4.79 Å². The second kappa shape index (κ2) is 3.13. The van der Waals surface area contributed by atoms with Crippen molar-refractivity contribution in [2.75, 3.05) is 0 Å². The highest BCUT2D eigenvalue weighted by atomic mass is 35.5. The molecule has 0 saturated heterocycles. The highest BCUT2D eigenvalue weighted by Crippen LogP contribution is 2.09. The quantitative estimate of drug-likeness (QED) is 0.593. The number of halogens is 1. The standard InChI is InChI=1S/C7H3ClN2O/c8-5-1-6(3-9)10-7(2-5)4-11/h1-2,4H. The summed E-state index contributed by atoms with van der Waals surface area (Å²) in [6.45, 7) is 0. The molecule has 0 bridgehead atoms. The molecule has 0 spiro atoms. The van der Waals surface area contributed by atoms with Crippen molar-refractivity contribution in [3.63, 3.8) is 0 Å². The third-order valence-electron chi connectivity index (χ3n) is 1.05. The smallest absolute Gasteiger partial charge is 0.168 e. The van der Waals surface area contributed by atoms with Gasteiger partial charge in [0.05, 0.1) is 0 Å². The van der Waals surface area contributed by atoms with Crippen LogP contribution < -0.4 is 0 Å². The summed E-state index contributed by atoms with van der Waals surface area (Å²) in [6, 6.07) is 4.58. The Morgan fingerprint density at radius 1 is 1.64 bits per heavy atom. The van der Waals surface area contributed by atoms with E-state index < -0.39 is 0 Å². The van der Waals surface area contributed by atoms with Crippen molar-refractivity contribution in [1.29, 1.82) is 5.26 Å². The summed E-state index contributed by atoms with van der Waals surface area (Å²) in [5.74, 6) is 0. The zero-order valence-electron chi connectivity index (χ0n) is 5.41. The molecular weight excluding hydrogens is 164 g/mol. The van der Waals surface area contributed by atoms with Gasteiger partial charge in [-0.05, 0) is 12.1 Å². The minimum absolute atomic E-state index is 0.152. The maximum Gasteiger partial charge on any atom is 0.168 e. The summed E-state index contributed by atoms with van der Waals surface area (Å²) in [7, 11) is 0. The number of nitrogens with zero attached hydrogens (tertiary/aromatic N) is 2. The molecule has 0 aliphatic rings. The van der Waals surface area contributed by atoms with Gasteiger partial charge in [-0.3, -0.25) is 4.79 Å². The lowest BCUT2D eigenvalue weighted by Gasteiger charge is -1.91. The maximum absolute atomic E-state index is 10.2. The number of nitriles is 1. The van der Waals surface area contributed by atoms with Crippen LogP contribution in [0.2, 0.25) is 5.02 Å². The normalized spacial score (nSPS) is 8.73. The van der Waals surface area contributed by atoms with E-state index in [0.29, 0.717) is 11.3 Å². The first-order valence-electron chi connectivity index (χ1n) is 2.79. The third-order valence-corrected chi connectivity index (χ3v) is 1.26. The van der Waals surface area contributed by atoms with Gasteiger partial charge in [0.2, 0.25) is 0 Å². The van der Waals surface area contributed by atoms with Crippen molar-refractivity contribution in [2.24, 2.45) is 0 Å². The molecule has 0 unspecified atom stereocenters. The monoisotopic (exact) mass is 166 g/mol. The van der Waals surface area contributed by atoms with Gasteiger partial charge in [0, 0.05) is 5.02 Å². The number of carbonyl (C=O) groups is 1. The Kier molecular flexibility index (Phi) is 2.19. The van der Waals surface area contributed by atoms with Gasteiger partial charge in [0.25, 0.3) is 0 Å². The molecule has 0 amide bonds. The number of carbonyl (C=O) groups excluding carboxylic acids is 1. The first kappa shape index (κ1) is 7.70. The second-order valence-corrected chi connectivity index (χ2v) is 2.26. The molecule has 0 aliphatic carbocycles. The average molecular weight is 167 g/mol. The average Bonchev–Trinajstić information content (AvgIpc) is 2.03. The molecule has 1 aromatic heterocycles. The summed E-state index contributed by atoms with van der Waals surface area (Å²) in [4.78, 5) is 13.9. The Morgan fingerprint density at radius 3 is 2.91 bits per heavy atom. The van der Waals surface area contributed by atoms with Gasteiger partial charge in [-0.25, -0.2) is 4.98 Å². The molecular formula is C7H3ClN2O. The van der Waals surface area contributed by atoms with E-state index in [0.717, 1.165) is 0 Å². The van der Waals surface area contributed by atoms with E-state index in [1.54, 1.807) is 6.07 Å². The van der Waals surface area contributed by atoms with Crippen LogP contribution >= 0.6 is 11.6 Å². The lowest BCUT2D eigenvalue weighted by Crippen LogP contribution is -1.89. The highest BCUT2D eigenvalue weighted by molar-refractivity contribution is 6.30. The van der Waals surface area contributed by atoms with Gasteiger partial charge in [-0.2, -0.15) is 5.26 Å². The molecule has 4 heteroatoms. The van der Waals surface area contributed by atoms with Gasteiger partial charge in [0.1, 0.15) is 17.5 Å². The van der Waals surface area contributed by atoms with Crippen LogP contribution in [0.3, 0.4) is 0 Å². The van der Waals surface area contributed by atoms with E-state index in [4.69, 9.17) is 16.9 Å². The maximum atomic E-state index is 10.2. The topological polar surface area (TPSA) is 53.8 Å². The Morgan fingerprint density at radius 2 is 2.36 bits per heavy atom. The molecule has 0 N–H and O–H groups in total. The van der Waals surface area contributed by atoms with Crippen molar-refractivity contribution in [1.82, 2.24) is 4.98 Å². The molecule has 0 fully saturated rings. The van der Waals surface area contributed by atoms with E-state index in [1.807, 2.05) is 0 Å². The first-order chi connectivity index (χ1) is 5.26. The van der Waals surface area contributed by atoms with Crippen LogP contribution in [0.15, 0.2) is 12.1 Å². The number of hydrogen-bond acceptors (Lipinski definition) is 3. The highest BCUT2D eigenvalue weighted by Gasteiger charge is 1.98. The lowest BCUT2D eigenvalue weighted by atomic mass is 10.3. The SMILES string of the molecule is N#Cc1cc(Cl)cc(C=O)n1. The zero-order valence-corrected chi connectivity index (χ0v) is 6.17. The number of aldehydes is 1. The van der Waals surface area contributed by atoms with Gasteiger partial charge in [-0.1, -0.05) is 11.6 Å². The van der Waals surface area contributed by atoms with Crippen LogP contribution in [0.5, 0.6) is 0 Å². The van der Waals surface area contributed by atoms with Gasteiger partial charge in [0.15, 0.2) is 6.29 Å². The summed E-state index contributed by atoms with van der Waals surface area (Å²) in [5.41, 5.74) is 0.327. The molecule has 1 aromatic rings. The number of pyridine rings is 1. The summed E-state index contributed by atoms with van der Waals surface area (Å²) >= 11 is 5.56. The fourth-order valence-corrected chi connectivity index (χ4v) is 0.850. The molecule has 0 atom stereocenters. The lowest BCUT2D eigenvalue weighted by molar-refractivity contribution is 0.111. The van der Waals surface area contributed by atoms with Crippen LogP contribution in [0.4, 0.5) is 0 Å². The molecule has 0 aromatic carbocycles. The summed E-state index contributed by atoms with van der Waals surface area (Å²) in [6.07, 6.45) is 0.548. The van der Waals surface area contributed by atoms with Crippen molar-refractivity contribution in [3.8, 4) is 6.07 Å². The van der Waals surface area contributed by atoms with Crippen LogP contribution in [-0.4, -0.2) is 11.3 Å². The zero-order chi connectivity index (χ0) is 8.27. The largest absolute Gasteiger partial charge is 0.296 e. The predicted octanol–water partition coefficient (Wildman–Crippen LogP) is 1.42. The van der Waals surface area contributed by atoms with E-state index in [2.05, 4.69) is 4.98 Å². The van der Waals surface area contributed by atoms with E-state index >= 15 is 0 Å². The van der Waals surface area contributed by atoms with Crippen molar-refractivity contribution >= 4 is 17.9 Å². The summed E-state index contributed by atoms with van der Waals surface area (Å²) < 4.78 is 0. The Balaban J connectivity index is 3.25. The van der Waals surface area contributed by atoms with Crippen LogP contribution in [0, 0.1) is 11.3 Å². The number of rotatable bonds is 1. The van der Waals surface area contributed by atoms with Crippen LogP contribution in [-0.2, 0) is 0 Å². The second-order valence-electron chi connectivity index (χ2n) is 1.83. The van der Waals surface area contributed by atoms with E-state index in [-0.39, 0.29) is 11.4 Å².